The lowest BCUT2D eigenvalue weighted by Crippen LogP contribution is -2.28. The van der Waals surface area contributed by atoms with Gasteiger partial charge in [-0.05, 0) is 338 Å². The Labute approximate surface area is 674 Å². The summed E-state index contributed by atoms with van der Waals surface area (Å²) in [5.74, 6) is 0.721. The summed E-state index contributed by atoms with van der Waals surface area (Å²) in [7, 11) is 0. The van der Waals surface area contributed by atoms with E-state index in [1.54, 1.807) is 5.57 Å². The minimum atomic E-state index is -0.627. The van der Waals surface area contributed by atoms with Crippen LogP contribution in [-0.2, 0) is 49.4 Å². The maximum Gasteiger partial charge on any atom is 0.0714 e. The second kappa shape index (κ2) is 27.9. The first-order valence-corrected chi connectivity index (χ1v) is 42.9. The van der Waals surface area contributed by atoms with Gasteiger partial charge in [0, 0.05) is 68.4 Å². The number of allylic oxidation sites excluding steroid dienone is 4. The fourth-order valence-corrected chi connectivity index (χ4v) is 22.6. The number of thioether (sulfide) groups is 1. The molecule has 15 aromatic carbocycles. The summed E-state index contributed by atoms with van der Waals surface area (Å²) in [6, 6.07) is 132. The summed E-state index contributed by atoms with van der Waals surface area (Å²) >= 11 is 7.53. The minimum absolute atomic E-state index is 0.617. The number of hydrogen-bond acceptors (Lipinski definition) is 6. The SMILES string of the molecule is C1=C(Sc2ccc(C3(c4ccc(Sc5ccc6c(c5)CC6)cc4)c4ccccc4-c4ccc(N(c5ccccc5)c5ccc(-c6ccc(N(c7ccccc7)c7ccc8c(c7)C(c7ccc(Sc9ccc%10c(c9)CC%10)cc7)(c7ccc(Sc9ccc%10c(c9)CC%10)cc7)c7ccccc7-8)cc6)cc5)cc43)cc2)CC2CCC2=C1. The molecule has 112 heavy (non-hydrogen) atoms. The quantitative estimate of drug-likeness (QED) is 0.0790. The van der Waals surface area contributed by atoms with Crippen molar-refractivity contribution in [1.29, 1.82) is 0 Å². The highest BCUT2D eigenvalue weighted by Crippen LogP contribution is 2.61. The van der Waals surface area contributed by atoms with Gasteiger partial charge in [0.2, 0.25) is 0 Å². The maximum absolute atomic E-state index is 2.51. The van der Waals surface area contributed by atoms with E-state index in [0.717, 1.165) is 57.6 Å². The zero-order valence-electron chi connectivity index (χ0n) is 62.0. The predicted molar refractivity (Wildman–Crippen MR) is 469 cm³/mol. The molecule has 0 heterocycles. The largest absolute Gasteiger partial charge is 0.310 e. The van der Waals surface area contributed by atoms with Crippen LogP contribution in [0.25, 0.3) is 33.4 Å². The predicted octanol–water partition coefficient (Wildman–Crippen LogP) is 28.5. The molecule has 536 valence electrons. The van der Waals surface area contributed by atoms with Crippen molar-refractivity contribution in [2.24, 2.45) is 5.92 Å². The number of rotatable bonds is 19. The molecule has 1 saturated carbocycles. The summed E-state index contributed by atoms with van der Waals surface area (Å²) in [5, 5.41) is 0. The van der Waals surface area contributed by atoms with Gasteiger partial charge in [-0.25, -0.2) is 0 Å². The third kappa shape index (κ3) is 11.6. The molecule has 2 unspecified atom stereocenters. The van der Waals surface area contributed by atoms with E-state index in [-0.39, 0.29) is 0 Å². The van der Waals surface area contributed by atoms with Crippen molar-refractivity contribution in [3.8, 4) is 33.4 Å². The lowest BCUT2D eigenvalue weighted by Gasteiger charge is -2.35. The Morgan fingerprint density at radius 2 is 0.571 bits per heavy atom. The van der Waals surface area contributed by atoms with Gasteiger partial charge in [-0.15, -0.1) is 0 Å². The van der Waals surface area contributed by atoms with Crippen molar-refractivity contribution in [3.63, 3.8) is 0 Å². The van der Waals surface area contributed by atoms with E-state index in [0.29, 0.717) is 0 Å². The van der Waals surface area contributed by atoms with Crippen molar-refractivity contribution in [1.82, 2.24) is 0 Å². The third-order valence-corrected chi connectivity index (χ3v) is 29.1. The van der Waals surface area contributed by atoms with Crippen molar-refractivity contribution >= 4 is 81.2 Å². The molecule has 0 amide bonds. The molecular weight excluding hydrogens is 1430 g/mol. The second-order valence-electron chi connectivity index (χ2n) is 31.1. The zero-order valence-corrected chi connectivity index (χ0v) is 65.3. The zero-order chi connectivity index (χ0) is 73.9. The average molecular weight is 1510 g/mol. The maximum atomic E-state index is 2.51. The normalized spacial score (nSPS) is 16.5. The highest BCUT2D eigenvalue weighted by atomic mass is 32.2. The van der Waals surface area contributed by atoms with Gasteiger partial charge in [0.25, 0.3) is 0 Å². The van der Waals surface area contributed by atoms with E-state index in [1.807, 2.05) is 47.0 Å². The van der Waals surface area contributed by atoms with Crippen LogP contribution in [0.4, 0.5) is 34.1 Å². The molecular formula is C106H78N2S4. The molecule has 0 bridgehead atoms. The fraction of sp³-hybridized carbons (Fsp3) is 0.113. The van der Waals surface area contributed by atoms with Crippen LogP contribution in [0.3, 0.4) is 0 Å². The number of hydrogen-bond donors (Lipinski definition) is 0. The van der Waals surface area contributed by atoms with Crippen molar-refractivity contribution in [3.05, 3.63) is 446 Å². The Morgan fingerprint density at radius 1 is 0.241 bits per heavy atom. The van der Waals surface area contributed by atoms with Crippen LogP contribution in [0, 0.1) is 5.92 Å². The average Bonchev–Trinajstić information content (AvgIpc) is 1.54. The van der Waals surface area contributed by atoms with Gasteiger partial charge in [0.1, 0.15) is 0 Å². The molecule has 6 heteroatoms. The molecule has 0 spiro atoms. The molecule has 0 N–H and O–H groups in total. The van der Waals surface area contributed by atoms with Crippen LogP contribution in [-0.4, -0.2) is 0 Å². The number of nitrogens with zero attached hydrogens (tertiary/aromatic N) is 2. The number of fused-ring (bicyclic) bond motifs is 10. The van der Waals surface area contributed by atoms with E-state index in [4.69, 9.17) is 0 Å². The first kappa shape index (κ1) is 67.7. The lowest BCUT2D eigenvalue weighted by atomic mass is 9.67. The summed E-state index contributed by atoms with van der Waals surface area (Å²) in [6.45, 7) is 0. The molecule has 2 atom stereocenters. The van der Waals surface area contributed by atoms with Crippen molar-refractivity contribution in [2.45, 2.75) is 103 Å². The molecule has 0 aliphatic heterocycles. The van der Waals surface area contributed by atoms with E-state index >= 15 is 0 Å². The van der Waals surface area contributed by atoms with E-state index < -0.39 is 10.8 Å². The van der Waals surface area contributed by atoms with Crippen LogP contribution in [0.1, 0.15) is 97.2 Å². The highest BCUT2D eigenvalue weighted by molar-refractivity contribution is 8.03. The molecule has 7 aliphatic carbocycles. The molecule has 15 aromatic rings. The fourth-order valence-electron chi connectivity index (χ4n) is 19.0. The Morgan fingerprint density at radius 3 is 0.920 bits per heavy atom. The summed E-state index contributed by atoms with van der Waals surface area (Å²) in [6.07, 6.45) is 15.6. The Bertz CT molecular complexity index is 6160. The van der Waals surface area contributed by atoms with Gasteiger partial charge in [-0.2, -0.15) is 0 Å². The standard InChI is InChI=1S/C106H78N2S4/c1-3-11-83(12-4-1)107(87-47-61-99-97-15-7-9-17-101(97)105(103(99)67-87,79-35-53-89(54-36-79)109-93-49-31-71-19-23-75(71)63-93)80-37-55-90(56-38-80)110-94-50-32-72-20-24-76(72)64-94)85-43-27-69(28-44-85)70-29-45-86(46-30-70)108(84-13-5-2-6-14-84)88-48-62-100-98-16-8-10-18-102(98)106(104(100)68-88,81-39-57-91(58-40-81)111-95-51-33-73-21-25-77(73)65-95)82-41-59-92(60-42-82)112-96-52-34-74-22-26-78(74)66-96/h1-18,27-65,67-68,78H,19-26,66H2. The molecule has 0 aromatic heterocycles. The summed E-state index contributed by atoms with van der Waals surface area (Å²) < 4.78 is 0. The molecule has 7 aliphatic rings. The first-order valence-electron chi connectivity index (χ1n) is 39.7. The Hall–Kier alpha value is -11.2. The van der Waals surface area contributed by atoms with E-state index in [2.05, 4.69) is 368 Å². The lowest BCUT2D eigenvalue weighted by molar-refractivity contribution is 0.441. The Kier molecular flexibility index (Phi) is 16.9. The highest BCUT2D eigenvalue weighted by Gasteiger charge is 2.49. The van der Waals surface area contributed by atoms with Crippen molar-refractivity contribution in [2.75, 3.05) is 9.80 Å². The molecule has 1 fully saturated rings. The second-order valence-corrected chi connectivity index (χ2v) is 35.7. The van der Waals surface area contributed by atoms with Gasteiger partial charge in [-0.3, -0.25) is 0 Å². The molecule has 2 nitrogen and oxygen atoms in total. The van der Waals surface area contributed by atoms with Crippen LogP contribution in [0.5, 0.6) is 0 Å². The van der Waals surface area contributed by atoms with Crippen molar-refractivity contribution < 1.29 is 0 Å². The molecule has 0 saturated heterocycles. The van der Waals surface area contributed by atoms with Crippen LogP contribution >= 0.6 is 47.0 Å². The van der Waals surface area contributed by atoms with Crippen LogP contribution in [0.2, 0.25) is 0 Å². The van der Waals surface area contributed by atoms with E-state index in [9.17, 15) is 0 Å². The van der Waals surface area contributed by atoms with E-state index in [1.165, 1.54) is 191 Å². The number of aryl methyl sites for hydroxylation is 6. The number of benzene rings is 15. The first-order chi connectivity index (χ1) is 55.4. The van der Waals surface area contributed by atoms with Gasteiger partial charge >= 0.3 is 0 Å². The molecule has 0 radical (unpaired) electrons. The minimum Gasteiger partial charge on any atom is -0.310 e. The monoisotopic (exact) mass is 1510 g/mol. The van der Waals surface area contributed by atoms with Crippen LogP contribution < -0.4 is 9.80 Å². The van der Waals surface area contributed by atoms with Crippen LogP contribution in [0.15, 0.2) is 403 Å². The third-order valence-electron chi connectivity index (χ3n) is 25.1. The van der Waals surface area contributed by atoms with Gasteiger partial charge in [0.15, 0.2) is 0 Å². The topological polar surface area (TPSA) is 6.48 Å². The van der Waals surface area contributed by atoms with Gasteiger partial charge < -0.3 is 9.80 Å². The summed E-state index contributed by atoms with van der Waals surface area (Å²) in [4.78, 5) is 15.3. The number of anilines is 6. The van der Waals surface area contributed by atoms with Gasteiger partial charge in [-0.1, -0.05) is 253 Å². The smallest absolute Gasteiger partial charge is 0.0714 e. The summed E-state index contributed by atoms with van der Waals surface area (Å²) in [5.41, 5.74) is 33.4. The molecule has 22 rings (SSSR count). The Balaban J connectivity index is 0.612. The number of para-hydroxylation sites is 2. The van der Waals surface area contributed by atoms with Gasteiger partial charge in [0.05, 0.1) is 10.8 Å².